The van der Waals surface area contributed by atoms with Gasteiger partial charge in [0.05, 0.1) is 19.6 Å². The zero-order chi connectivity index (χ0) is 16.8. The molecule has 126 valence electrons. The SMILES string of the molecule is O=C(CCOc1ccccc1F)NCC1COc2ccccc2O1. The van der Waals surface area contributed by atoms with Crippen LogP contribution in [0.4, 0.5) is 4.39 Å². The van der Waals surface area contributed by atoms with E-state index in [0.29, 0.717) is 24.7 Å². The summed E-state index contributed by atoms with van der Waals surface area (Å²) >= 11 is 0. The highest BCUT2D eigenvalue weighted by Crippen LogP contribution is 2.30. The van der Waals surface area contributed by atoms with Crippen molar-refractivity contribution in [1.82, 2.24) is 5.32 Å². The predicted octanol–water partition coefficient (Wildman–Crippen LogP) is 2.55. The Kier molecular flexibility index (Phi) is 5.15. The summed E-state index contributed by atoms with van der Waals surface area (Å²) in [5.41, 5.74) is 0. The lowest BCUT2D eigenvalue weighted by molar-refractivity contribution is -0.122. The van der Waals surface area contributed by atoms with Gasteiger partial charge >= 0.3 is 0 Å². The summed E-state index contributed by atoms with van der Waals surface area (Å²) in [5, 5.41) is 2.77. The second-order valence-corrected chi connectivity index (χ2v) is 5.33. The topological polar surface area (TPSA) is 56.8 Å². The van der Waals surface area contributed by atoms with Crippen LogP contribution in [-0.4, -0.2) is 31.8 Å². The van der Waals surface area contributed by atoms with Crippen LogP contribution in [0, 0.1) is 5.82 Å². The van der Waals surface area contributed by atoms with E-state index in [4.69, 9.17) is 14.2 Å². The van der Waals surface area contributed by atoms with Crippen molar-refractivity contribution in [1.29, 1.82) is 0 Å². The minimum atomic E-state index is -0.440. The molecule has 1 N–H and O–H groups in total. The Bertz CT molecular complexity index is 707. The van der Waals surface area contributed by atoms with E-state index in [9.17, 15) is 9.18 Å². The Morgan fingerprint density at radius 3 is 2.75 bits per heavy atom. The zero-order valence-electron chi connectivity index (χ0n) is 13.0. The van der Waals surface area contributed by atoms with Gasteiger partial charge in [0, 0.05) is 0 Å². The van der Waals surface area contributed by atoms with Crippen LogP contribution >= 0.6 is 0 Å². The molecule has 0 fully saturated rings. The van der Waals surface area contributed by atoms with E-state index in [1.165, 1.54) is 12.1 Å². The van der Waals surface area contributed by atoms with E-state index in [1.807, 2.05) is 24.3 Å². The average Bonchev–Trinajstić information content (AvgIpc) is 2.61. The summed E-state index contributed by atoms with van der Waals surface area (Å²) in [6.07, 6.45) is -0.102. The van der Waals surface area contributed by atoms with Crippen molar-refractivity contribution in [3.63, 3.8) is 0 Å². The fourth-order valence-corrected chi connectivity index (χ4v) is 2.30. The molecule has 0 radical (unpaired) electrons. The van der Waals surface area contributed by atoms with E-state index in [-0.39, 0.29) is 30.8 Å². The third-order valence-corrected chi connectivity index (χ3v) is 3.52. The van der Waals surface area contributed by atoms with Gasteiger partial charge in [0.2, 0.25) is 5.91 Å². The van der Waals surface area contributed by atoms with Crippen molar-refractivity contribution < 1.29 is 23.4 Å². The van der Waals surface area contributed by atoms with Crippen molar-refractivity contribution in [2.75, 3.05) is 19.8 Å². The first kappa shape index (κ1) is 16.1. The molecular weight excluding hydrogens is 313 g/mol. The Labute approximate surface area is 139 Å². The van der Waals surface area contributed by atoms with Gasteiger partial charge in [-0.25, -0.2) is 4.39 Å². The smallest absolute Gasteiger partial charge is 0.223 e. The van der Waals surface area contributed by atoms with Crippen LogP contribution in [0.1, 0.15) is 6.42 Å². The van der Waals surface area contributed by atoms with Gasteiger partial charge < -0.3 is 19.5 Å². The highest BCUT2D eigenvalue weighted by atomic mass is 19.1. The molecule has 5 nitrogen and oxygen atoms in total. The lowest BCUT2D eigenvalue weighted by atomic mass is 10.2. The normalized spacial score (nSPS) is 15.6. The number of benzene rings is 2. The summed E-state index contributed by atoms with van der Waals surface area (Å²) in [7, 11) is 0. The standard InChI is InChI=1S/C18H18FNO4/c19-14-5-1-2-6-15(14)22-10-9-18(21)20-11-13-12-23-16-7-3-4-8-17(16)24-13/h1-8,13H,9-12H2,(H,20,21). The van der Waals surface area contributed by atoms with Crippen LogP contribution in [0.2, 0.25) is 0 Å². The summed E-state index contributed by atoms with van der Waals surface area (Å²) in [4.78, 5) is 11.8. The minimum Gasteiger partial charge on any atom is -0.490 e. The van der Waals surface area contributed by atoms with Gasteiger partial charge in [0.25, 0.3) is 0 Å². The Hall–Kier alpha value is -2.76. The second-order valence-electron chi connectivity index (χ2n) is 5.33. The lowest BCUT2D eigenvalue weighted by Gasteiger charge is -2.26. The van der Waals surface area contributed by atoms with Crippen LogP contribution in [0.15, 0.2) is 48.5 Å². The average molecular weight is 331 g/mol. The number of fused-ring (bicyclic) bond motifs is 1. The molecule has 0 aliphatic carbocycles. The van der Waals surface area contributed by atoms with Crippen molar-refractivity contribution in [2.24, 2.45) is 0 Å². The van der Waals surface area contributed by atoms with Crippen LogP contribution < -0.4 is 19.5 Å². The van der Waals surface area contributed by atoms with Crippen molar-refractivity contribution in [3.05, 3.63) is 54.3 Å². The molecule has 1 aliphatic rings. The third kappa shape index (κ3) is 4.16. The number of hydrogen-bond donors (Lipinski definition) is 1. The summed E-state index contributed by atoms with van der Waals surface area (Å²) in [6.45, 7) is 0.827. The molecule has 1 heterocycles. The molecule has 2 aromatic rings. The Balaban J connectivity index is 1.38. The number of carbonyl (C=O) groups is 1. The van der Waals surface area contributed by atoms with Gasteiger partial charge in [-0.05, 0) is 24.3 Å². The number of hydrogen-bond acceptors (Lipinski definition) is 4. The molecule has 0 saturated heterocycles. The molecule has 0 bridgehead atoms. The number of amides is 1. The van der Waals surface area contributed by atoms with E-state index in [1.54, 1.807) is 12.1 Å². The van der Waals surface area contributed by atoms with Crippen LogP contribution in [-0.2, 0) is 4.79 Å². The first-order chi connectivity index (χ1) is 11.7. The van der Waals surface area contributed by atoms with Crippen LogP contribution in [0.25, 0.3) is 0 Å². The van der Waals surface area contributed by atoms with E-state index in [0.717, 1.165) is 0 Å². The fourth-order valence-electron chi connectivity index (χ4n) is 2.30. The molecule has 1 aliphatic heterocycles. The predicted molar refractivity (Wildman–Crippen MR) is 85.9 cm³/mol. The van der Waals surface area contributed by atoms with E-state index < -0.39 is 5.82 Å². The Morgan fingerprint density at radius 2 is 1.92 bits per heavy atom. The van der Waals surface area contributed by atoms with Crippen molar-refractivity contribution in [2.45, 2.75) is 12.5 Å². The molecule has 0 aromatic heterocycles. The third-order valence-electron chi connectivity index (χ3n) is 3.52. The maximum absolute atomic E-state index is 13.4. The highest BCUT2D eigenvalue weighted by Gasteiger charge is 2.20. The number of para-hydroxylation sites is 3. The summed E-state index contributed by atoms with van der Waals surface area (Å²) in [6, 6.07) is 13.5. The summed E-state index contributed by atoms with van der Waals surface area (Å²) in [5.74, 6) is 0.897. The first-order valence-electron chi connectivity index (χ1n) is 7.75. The fraction of sp³-hybridized carbons (Fsp3) is 0.278. The van der Waals surface area contributed by atoms with Crippen molar-refractivity contribution >= 4 is 5.91 Å². The maximum atomic E-state index is 13.4. The van der Waals surface area contributed by atoms with Gasteiger partial charge in [0.1, 0.15) is 12.7 Å². The van der Waals surface area contributed by atoms with Gasteiger partial charge in [-0.15, -0.1) is 0 Å². The molecule has 2 aromatic carbocycles. The number of nitrogens with one attached hydrogen (secondary N) is 1. The minimum absolute atomic E-state index is 0.109. The van der Waals surface area contributed by atoms with Crippen LogP contribution in [0.5, 0.6) is 17.2 Å². The lowest BCUT2D eigenvalue weighted by Crippen LogP contribution is -2.41. The van der Waals surface area contributed by atoms with Crippen molar-refractivity contribution in [3.8, 4) is 17.2 Å². The second kappa shape index (κ2) is 7.68. The molecule has 1 amide bonds. The Morgan fingerprint density at radius 1 is 1.17 bits per heavy atom. The van der Waals surface area contributed by atoms with E-state index in [2.05, 4.69) is 5.32 Å². The number of rotatable bonds is 6. The van der Waals surface area contributed by atoms with E-state index >= 15 is 0 Å². The number of carbonyl (C=O) groups excluding carboxylic acids is 1. The molecule has 24 heavy (non-hydrogen) atoms. The molecule has 0 saturated carbocycles. The number of halogens is 1. The largest absolute Gasteiger partial charge is 0.490 e. The molecule has 1 unspecified atom stereocenters. The van der Waals surface area contributed by atoms with Gasteiger partial charge in [-0.1, -0.05) is 24.3 Å². The molecule has 0 spiro atoms. The highest BCUT2D eigenvalue weighted by molar-refractivity contribution is 5.76. The number of ether oxygens (including phenoxy) is 3. The van der Waals surface area contributed by atoms with Gasteiger partial charge in [-0.2, -0.15) is 0 Å². The quantitative estimate of drug-likeness (QED) is 0.884. The molecule has 3 rings (SSSR count). The van der Waals surface area contributed by atoms with Crippen LogP contribution in [0.3, 0.4) is 0 Å². The van der Waals surface area contributed by atoms with Gasteiger partial charge in [-0.3, -0.25) is 4.79 Å². The monoisotopic (exact) mass is 331 g/mol. The zero-order valence-corrected chi connectivity index (χ0v) is 13.0. The summed E-state index contributed by atoms with van der Waals surface area (Å²) < 4.78 is 30.0. The first-order valence-corrected chi connectivity index (χ1v) is 7.75. The molecular formula is C18H18FNO4. The molecule has 1 atom stereocenters. The molecule has 6 heteroatoms. The van der Waals surface area contributed by atoms with Gasteiger partial charge in [0.15, 0.2) is 23.1 Å². The maximum Gasteiger partial charge on any atom is 0.223 e.